The quantitative estimate of drug-likeness (QED) is 0.797. The number of aromatic nitrogens is 1. The minimum atomic E-state index is -1.25. The van der Waals surface area contributed by atoms with Crippen LogP contribution >= 0.6 is 11.3 Å². The summed E-state index contributed by atoms with van der Waals surface area (Å²) in [6.45, 7) is 0. The van der Waals surface area contributed by atoms with Gasteiger partial charge in [0.2, 0.25) is 0 Å². The van der Waals surface area contributed by atoms with E-state index in [1.165, 1.54) is 35.6 Å². The van der Waals surface area contributed by atoms with Crippen molar-refractivity contribution in [3.05, 3.63) is 65.0 Å². The summed E-state index contributed by atoms with van der Waals surface area (Å²) < 4.78 is 26.7. The summed E-state index contributed by atoms with van der Waals surface area (Å²) in [6, 6.07) is 9.27. The van der Waals surface area contributed by atoms with Gasteiger partial charge in [0, 0.05) is 22.7 Å². The van der Waals surface area contributed by atoms with Crippen molar-refractivity contribution in [1.82, 2.24) is 4.98 Å². The number of nitrogens with zero attached hydrogens (tertiary/aromatic N) is 1. The molecule has 1 heterocycles. The van der Waals surface area contributed by atoms with Gasteiger partial charge in [-0.05, 0) is 29.8 Å². The molecule has 0 aliphatic rings. The zero-order chi connectivity index (χ0) is 16.4. The second-order valence-corrected chi connectivity index (χ2v) is 5.51. The highest BCUT2D eigenvalue weighted by molar-refractivity contribution is 7.14. The maximum atomic E-state index is 13.7. The minimum absolute atomic E-state index is 0.0729. The standard InChI is InChI=1S/C16H10F2N2O2S/c17-10-3-6-12(13(18)7-10)14-8-23-16(20-14)19-11-4-1-9(2-5-11)15(21)22/h1-8H,(H,19,20)(H,21,22)/p-1. The summed E-state index contributed by atoms with van der Waals surface area (Å²) in [7, 11) is 0. The number of hydrogen-bond donors (Lipinski definition) is 1. The van der Waals surface area contributed by atoms with E-state index in [1.54, 1.807) is 17.5 Å². The molecule has 0 fully saturated rings. The highest BCUT2D eigenvalue weighted by atomic mass is 32.1. The van der Waals surface area contributed by atoms with E-state index in [0.29, 0.717) is 16.5 Å². The number of nitrogens with one attached hydrogen (secondary N) is 1. The van der Waals surface area contributed by atoms with Crippen molar-refractivity contribution in [3.63, 3.8) is 0 Å². The molecule has 0 unspecified atom stereocenters. The summed E-state index contributed by atoms with van der Waals surface area (Å²) in [5.74, 6) is -2.58. The second-order valence-electron chi connectivity index (χ2n) is 4.65. The van der Waals surface area contributed by atoms with Gasteiger partial charge in [-0.25, -0.2) is 13.8 Å². The van der Waals surface area contributed by atoms with Gasteiger partial charge in [-0.1, -0.05) is 12.1 Å². The summed E-state index contributed by atoms with van der Waals surface area (Å²) >= 11 is 1.25. The molecule has 116 valence electrons. The van der Waals surface area contributed by atoms with E-state index in [4.69, 9.17) is 0 Å². The molecule has 3 aromatic rings. The lowest BCUT2D eigenvalue weighted by atomic mass is 10.1. The van der Waals surface area contributed by atoms with Crippen molar-refractivity contribution in [3.8, 4) is 11.3 Å². The predicted molar refractivity (Wildman–Crippen MR) is 81.5 cm³/mol. The molecular formula is C16H9F2N2O2S-. The first-order chi connectivity index (χ1) is 11.0. The van der Waals surface area contributed by atoms with Gasteiger partial charge in [-0.2, -0.15) is 0 Å². The van der Waals surface area contributed by atoms with Gasteiger partial charge >= 0.3 is 0 Å². The van der Waals surface area contributed by atoms with Gasteiger partial charge in [0.25, 0.3) is 0 Å². The Bertz CT molecular complexity index is 863. The number of carboxylic acids is 1. The molecule has 1 N–H and O–H groups in total. The average molecular weight is 331 g/mol. The summed E-state index contributed by atoms with van der Waals surface area (Å²) in [5.41, 5.74) is 1.31. The first-order valence-corrected chi connectivity index (χ1v) is 7.40. The monoisotopic (exact) mass is 331 g/mol. The van der Waals surface area contributed by atoms with Crippen LogP contribution < -0.4 is 10.4 Å². The Balaban J connectivity index is 1.80. The van der Waals surface area contributed by atoms with E-state index in [2.05, 4.69) is 10.3 Å². The van der Waals surface area contributed by atoms with Crippen LogP contribution in [-0.2, 0) is 0 Å². The van der Waals surface area contributed by atoms with Crippen molar-refractivity contribution >= 4 is 28.1 Å². The summed E-state index contributed by atoms with van der Waals surface area (Å²) in [4.78, 5) is 14.9. The normalized spacial score (nSPS) is 10.5. The van der Waals surface area contributed by atoms with E-state index >= 15 is 0 Å². The molecule has 0 saturated heterocycles. The highest BCUT2D eigenvalue weighted by Gasteiger charge is 2.10. The van der Waals surface area contributed by atoms with Crippen LogP contribution in [0.1, 0.15) is 10.4 Å². The lowest BCUT2D eigenvalue weighted by Crippen LogP contribution is -2.21. The largest absolute Gasteiger partial charge is 0.545 e. The minimum Gasteiger partial charge on any atom is -0.545 e. The third kappa shape index (κ3) is 3.35. The number of carbonyl (C=O) groups excluding carboxylic acids is 1. The first-order valence-electron chi connectivity index (χ1n) is 6.52. The number of carbonyl (C=O) groups is 1. The Hall–Kier alpha value is -2.80. The van der Waals surface area contributed by atoms with Crippen molar-refractivity contribution in [2.45, 2.75) is 0 Å². The van der Waals surface area contributed by atoms with E-state index in [9.17, 15) is 18.7 Å². The Morgan fingerprint density at radius 3 is 2.52 bits per heavy atom. The SMILES string of the molecule is O=C([O-])c1ccc(Nc2nc(-c3ccc(F)cc3F)cs2)cc1. The molecule has 0 amide bonds. The molecule has 1 aromatic heterocycles. The molecule has 7 heteroatoms. The fourth-order valence-electron chi connectivity index (χ4n) is 1.97. The molecule has 0 aliphatic carbocycles. The van der Waals surface area contributed by atoms with E-state index in [0.717, 1.165) is 6.07 Å². The number of halogens is 2. The van der Waals surface area contributed by atoms with E-state index in [-0.39, 0.29) is 11.1 Å². The molecule has 0 atom stereocenters. The number of anilines is 2. The van der Waals surface area contributed by atoms with Crippen LogP contribution in [0.3, 0.4) is 0 Å². The topological polar surface area (TPSA) is 65.0 Å². The molecule has 23 heavy (non-hydrogen) atoms. The number of rotatable bonds is 4. The number of benzene rings is 2. The number of carboxylic acid groups (broad SMARTS) is 1. The zero-order valence-electron chi connectivity index (χ0n) is 11.5. The number of aromatic carboxylic acids is 1. The average Bonchev–Trinajstić information content (AvgIpc) is 2.96. The van der Waals surface area contributed by atoms with Crippen LogP contribution in [0.25, 0.3) is 11.3 Å². The molecule has 0 radical (unpaired) electrons. The predicted octanol–water partition coefficient (Wildman–Crippen LogP) is 3.20. The Labute approximate surface area is 134 Å². The van der Waals surface area contributed by atoms with Gasteiger partial charge < -0.3 is 15.2 Å². The van der Waals surface area contributed by atoms with E-state index < -0.39 is 17.6 Å². The fourth-order valence-corrected chi connectivity index (χ4v) is 2.70. The van der Waals surface area contributed by atoms with Crippen LogP contribution in [0.15, 0.2) is 47.8 Å². The third-order valence-corrected chi connectivity index (χ3v) is 3.84. The van der Waals surface area contributed by atoms with Crippen LogP contribution in [-0.4, -0.2) is 11.0 Å². The summed E-state index contributed by atoms with van der Waals surface area (Å²) in [6.07, 6.45) is 0. The van der Waals surface area contributed by atoms with Gasteiger partial charge in [0.05, 0.1) is 11.7 Å². The first kappa shape index (κ1) is 15.1. The lowest BCUT2D eigenvalue weighted by Gasteiger charge is -2.05. The number of thiazole rings is 1. The van der Waals surface area contributed by atoms with Crippen molar-refractivity contribution < 1.29 is 18.7 Å². The second kappa shape index (κ2) is 6.13. The van der Waals surface area contributed by atoms with Gasteiger partial charge in [0.1, 0.15) is 11.6 Å². The maximum Gasteiger partial charge on any atom is 0.187 e. The molecule has 3 rings (SSSR count). The van der Waals surface area contributed by atoms with E-state index in [1.807, 2.05) is 0 Å². The Morgan fingerprint density at radius 1 is 1.13 bits per heavy atom. The molecule has 0 bridgehead atoms. The molecule has 2 aromatic carbocycles. The maximum absolute atomic E-state index is 13.7. The smallest absolute Gasteiger partial charge is 0.187 e. The molecule has 0 spiro atoms. The third-order valence-electron chi connectivity index (χ3n) is 3.08. The molecular weight excluding hydrogens is 322 g/mol. The van der Waals surface area contributed by atoms with Crippen LogP contribution in [0.5, 0.6) is 0 Å². The molecule has 0 aliphatic heterocycles. The van der Waals surface area contributed by atoms with Crippen molar-refractivity contribution in [2.75, 3.05) is 5.32 Å². The molecule has 0 saturated carbocycles. The van der Waals surface area contributed by atoms with Crippen molar-refractivity contribution in [1.29, 1.82) is 0 Å². The summed E-state index contributed by atoms with van der Waals surface area (Å²) in [5, 5.41) is 15.8. The van der Waals surface area contributed by atoms with Gasteiger partial charge in [-0.15, -0.1) is 11.3 Å². The highest BCUT2D eigenvalue weighted by Crippen LogP contribution is 2.29. The Kier molecular flexibility index (Phi) is 4.03. The van der Waals surface area contributed by atoms with Crippen LogP contribution in [0, 0.1) is 11.6 Å². The Morgan fingerprint density at radius 2 is 1.87 bits per heavy atom. The van der Waals surface area contributed by atoms with Gasteiger partial charge in [-0.3, -0.25) is 0 Å². The lowest BCUT2D eigenvalue weighted by molar-refractivity contribution is -0.255. The van der Waals surface area contributed by atoms with Crippen molar-refractivity contribution in [2.24, 2.45) is 0 Å². The van der Waals surface area contributed by atoms with Crippen LogP contribution in [0.4, 0.5) is 19.6 Å². The fraction of sp³-hybridized carbons (Fsp3) is 0. The molecule has 4 nitrogen and oxygen atoms in total. The number of hydrogen-bond acceptors (Lipinski definition) is 5. The zero-order valence-corrected chi connectivity index (χ0v) is 12.4. The van der Waals surface area contributed by atoms with Gasteiger partial charge in [0.15, 0.2) is 5.13 Å². The van der Waals surface area contributed by atoms with Crippen LogP contribution in [0.2, 0.25) is 0 Å².